The van der Waals surface area contributed by atoms with Gasteiger partial charge < -0.3 is 5.32 Å². The normalized spacial score (nSPS) is 9.56. The Kier molecular flexibility index (Phi) is 7.47. The molecule has 0 aliphatic heterocycles. The lowest BCUT2D eigenvalue weighted by molar-refractivity contribution is 0.102. The molecule has 136 valence electrons. The Hall–Kier alpha value is -3.24. The third-order valence-electron chi connectivity index (χ3n) is 3.39. The van der Waals surface area contributed by atoms with Crippen molar-refractivity contribution in [1.29, 1.82) is 0 Å². The highest BCUT2D eigenvalue weighted by Gasteiger charge is 2.14. The Bertz CT molecular complexity index is 923. The number of carbonyl (C=O) groups is 2. The predicted molar refractivity (Wildman–Crippen MR) is 109 cm³/mol. The van der Waals surface area contributed by atoms with Crippen molar-refractivity contribution < 1.29 is 9.59 Å². The third-order valence-corrected chi connectivity index (χ3v) is 3.64. The number of nitrogens with zero attached hydrogens (tertiary/aromatic N) is 1. The van der Waals surface area contributed by atoms with Crippen molar-refractivity contribution in [2.45, 2.75) is 6.92 Å². The summed E-state index contributed by atoms with van der Waals surface area (Å²) in [6, 6.07) is 18.7. The minimum atomic E-state index is -0.297. The van der Waals surface area contributed by atoms with E-state index in [0.717, 1.165) is 0 Å². The van der Waals surface area contributed by atoms with Crippen LogP contribution >= 0.6 is 11.6 Å². The first-order valence-electron chi connectivity index (χ1n) is 8.25. The minimum absolute atomic E-state index is 0.207. The van der Waals surface area contributed by atoms with Crippen LogP contribution < -0.4 is 5.32 Å². The number of para-hydroxylation sites is 1. The first kappa shape index (κ1) is 20.1. The van der Waals surface area contributed by atoms with Gasteiger partial charge in [0.05, 0.1) is 0 Å². The zero-order valence-corrected chi connectivity index (χ0v) is 15.6. The lowest BCUT2D eigenvalue weighted by Crippen LogP contribution is -2.13. The average molecular weight is 379 g/mol. The summed E-state index contributed by atoms with van der Waals surface area (Å²) in [4.78, 5) is 28.8. The molecule has 2 aromatic carbocycles. The first-order chi connectivity index (χ1) is 13.0. The van der Waals surface area contributed by atoms with Crippen LogP contribution in [0, 0.1) is 0 Å². The van der Waals surface area contributed by atoms with Crippen molar-refractivity contribution in [3.05, 3.63) is 107 Å². The molecule has 0 atom stereocenters. The van der Waals surface area contributed by atoms with Gasteiger partial charge in [-0.15, -0.1) is 6.58 Å². The minimum Gasteiger partial charge on any atom is -0.322 e. The SMILES string of the molecule is C=CC.O=C(Nc1ccccc1)c1ccnc(C(=O)c2ccc(Cl)cc2)c1. The van der Waals surface area contributed by atoms with Gasteiger partial charge in [-0.05, 0) is 55.5 Å². The molecule has 1 amide bonds. The molecule has 0 fully saturated rings. The summed E-state index contributed by atoms with van der Waals surface area (Å²) in [5.41, 5.74) is 1.72. The zero-order valence-electron chi connectivity index (χ0n) is 14.9. The molecule has 0 radical (unpaired) electrons. The van der Waals surface area contributed by atoms with Crippen LogP contribution in [0.3, 0.4) is 0 Å². The Labute approximate surface area is 163 Å². The fourth-order valence-electron chi connectivity index (χ4n) is 2.17. The lowest BCUT2D eigenvalue weighted by Gasteiger charge is -2.06. The van der Waals surface area contributed by atoms with Gasteiger partial charge in [0, 0.05) is 28.0 Å². The Morgan fingerprint density at radius 1 is 1.00 bits per heavy atom. The van der Waals surface area contributed by atoms with Crippen molar-refractivity contribution in [3.63, 3.8) is 0 Å². The smallest absolute Gasteiger partial charge is 0.255 e. The van der Waals surface area contributed by atoms with E-state index >= 15 is 0 Å². The second kappa shape index (κ2) is 10.0. The van der Waals surface area contributed by atoms with Crippen LogP contribution in [0.25, 0.3) is 0 Å². The molecule has 0 spiro atoms. The molecule has 5 heteroatoms. The maximum atomic E-state index is 12.5. The van der Waals surface area contributed by atoms with E-state index in [1.165, 1.54) is 12.3 Å². The molecule has 1 aromatic heterocycles. The number of hydrogen-bond donors (Lipinski definition) is 1. The summed E-state index contributed by atoms with van der Waals surface area (Å²) in [5, 5.41) is 3.33. The standard InChI is InChI=1S/C19H13ClN2O2.C3H6/c20-15-8-6-13(7-9-15)18(23)17-12-14(10-11-21-17)19(24)22-16-4-2-1-3-5-16;1-3-2/h1-12H,(H,22,24);3H,1H2,2H3. The Morgan fingerprint density at radius 3 is 2.26 bits per heavy atom. The average Bonchev–Trinajstić information content (AvgIpc) is 2.69. The highest BCUT2D eigenvalue weighted by atomic mass is 35.5. The molecule has 1 N–H and O–H groups in total. The number of aromatic nitrogens is 1. The number of ketones is 1. The number of nitrogens with one attached hydrogen (secondary N) is 1. The van der Waals surface area contributed by atoms with Gasteiger partial charge in [-0.3, -0.25) is 14.6 Å². The van der Waals surface area contributed by atoms with Gasteiger partial charge in [0.25, 0.3) is 5.91 Å². The van der Waals surface area contributed by atoms with E-state index in [4.69, 9.17) is 11.6 Å². The molecule has 3 aromatic rings. The van der Waals surface area contributed by atoms with Crippen LogP contribution in [-0.4, -0.2) is 16.7 Å². The summed E-state index contributed by atoms with van der Waals surface area (Å²) in [6.07, 6.45) is 3.20. The van der Waals surface area contributed by atoms with Crippen LogP contribution in [0.15, 0.2) is 85.6 Å². The van der Waals surface area contributed by atoms with Crippen molar-refractivity contribution in [2.75, 3.05) is 5.32 Å². The predicted octanol–water partition coefficient (Wildman–Crippen LogP) is 5.41. The van der Waals surface area contributed by atoms with Gasteiger partial charge in [0.1, 0.15) is 5.69 Å². The number of halogens is 1. The molecule has 0 aliphatic rings. The number of carbonyl (C=O) groups excluding carboxylic acids is 2. The van der Waals surface area contributed by atoms with Crippen LogP contribution in [0.2, 0.25) is 5.02 Å². The van der Waals surface area contributed by atoms with E-state index in [1.807, 2.05) is 25.1 Å². The summed E-state index contributed by atoms with van der Waals surface area (Å²) in [7, 11) is 0. The third kappa shape index (κ3) is 5.90. The first-order valence-corrected chi connectivity index (χ1v) is 8.62. The number of rotatable bonds is 4. The Morgan fingerprint density at radius 2 is 1.63 bits per heavy atom. The zero-order chi connectivity index (χ0) is 19.6. The fourth-order valence-corrected chi connectivity index (χ4v) is 2.30. The van der Waals surface area contributed by atoms with Gasteiger partial charge in [-0.2, -0.15) is 0 Å². The topological polar surface area (TPSA) is 59.1 Å². The second-order valence-electron chi connectivity index (χ2n) is 5.49. The molecule has 0 aliphatic carbocycles. The number of hydrogen-bond acceptors (Lipinski definition) is 3. The Balaban J connectivity index is 0.000000817. The molecule has 4 nitrogen and oxygen atoms in total. The molecule has 0 saturated heterocycles. The number of amides is 1. The van der Waals surface area contributed by atoms with Gasteiger partial charge in [0.15, 0.2) is 0 Å². The second-order valence-corrected chi connectivity index (χ2v) is 5.93. The summed E-state index contributed by atoms with van der Waals surface area (Å²) in [6.45, 7) is 5.25. The van der Waals surface area contributed by atoms with Gasteiger partial charge in [-0.1, -0.05) is 35.9 Å². The quantitative estimate of drug-likeness (QED) is 0.487. The largest absolute Gasteiger partial charge is 0.322 e. The molecule has 0 bridgehead atoms. The molecule has 27 heavy (non-hydrogen) atoms. The molecule has 0 saturated carbocycles. The number of allylic oxidation sites excluding steroid dienone is 1. The molecule has 1 heterocycles. The van der Waals surface area contributed by atoms with Crippen molar-refractivity contribution in [1.82, 2.24) is 4.98 Å². The van der Waals surface area contributed by atoms with Crippen molar-refractivity contribution in [3.8, 4) is 0 Å². The van der Waals surface area contributed by atoms with E-state index in [2.05, 4.69) is 16.9 Å². The summed E-state index contributed by atoms with van der Waals surface area (Å²) in [5.74, 6) is -0.560. The van der Waals surface area contributed by atoms with Crippen molar-refractivity contribution >= 4 is 29.0 Å². The van der Waals surface area contributed by atoms with Gasteiger partial charge >= 0.3 is 0 Å². The number of benzene rings is 2. The summed E-state index contributed by atoms with van der Waals surface area (Å²) >= 11 is 5.83. The highest BCUT2D eigenvalue weighted by molar-refractivity contribution is 6.30. The highest BCUT2D eigenvalue weighted by Crippen LogP contribution is 2.14. The van der Waals surface area contributed by atoms with E-state index < -0.39 is 0 Å². The maximum absolute atomic E-state index is 12.5. The lowest BCUT2D eigenvalue weighted by atomic mass is 10.1. The van der Waals surface area contributed by atoms with Crippen LogP contribution in [0.1, 0.15) is 33.3 Å². The van der Waals surface area contributed by atoms with Crippen LogP contribution in [0.4, 0.5) is 5.69 Å². The van der Waals surface area contributed by atoms with Crippen molar-refractivity contribution in [2.24, 2.45) is 0 Å². The van der Waals surface area contributed by atoms with E-state index in [1.54, 1.807) is 48.5 Å². The van der Waals surface area contributed by atoms with E-state index in [0.29, 0.717) is 21.8 Å². The monoisotopic (exact) mass is 378 g/mol. The fraction of sp³-hybridized carbons (Fsp3) is 0.0455. The molecular weight excluding hydrogens is 360 g/mol. The van der Waals surface area contributed by atoms with Crippen LogP contribution in [-0.2, 0) is 0 Å². The molecule has 3 rings (SSSR count). The molecule has 0 unspecified atom stereocenters. The van der Waals surface area contributed by atoms with E-state index in [9.17, 15) is 9.59 Å². The number of anilines is 1. The maximum Gasteiger partial charge on any atom is 0.255 e. The van der Waals surface area contributed by atoms with E-state index in [-0.39, 0.29) is 17.4 Å². The molecular formula is C22H19ClN2O2. The van der Waals surface area contributed by atoms with Gasteiger partial charge in [-0.25, -0.2) is 0 Å². The summed E-state index contributed by atoms with van der Waals surface area (Å²) < 4.78 is 0. The van der Waals surface area contributed by atoms with Gasteiger partial charge in [0.2, 0.25) is 5.78 Å². The number of pyridine rings is 1. The van der Waals surface area contributed by atoms with Crippen LogP contribution in [0.5, 0.6) is 0 Å².